The molecule has 5 nitrogen and oxygen atoms in total. The van der Waals surface area contributed by atoms with Crippen LogP contribution in [-0.2, 0) is 17.8 Å². The van der Waals surface area contributed by atoms with Gasteiger partial charge in [0.2, 0.25) is 0 Å². The number of hydrogen-bond acceptors (Lipinski definition) is 4. The summed E-state index contributed by atoms with van der Waals surface area (Å²) in [5, 5.41) is 4.12. The number of aromatic nitrogens is 3. The van der Waals surface area contributed by atoms with Crippen molar-refractivity contribution in [3.8, 4) is 0 Å². The van der Waals surface area contributed by atoms with Crippen LogP contribution in [0.3, 0.4) is 0 Å². The molecule has 0 spiro atoms. The van der Waals surface area contributed by atoms with Crippen LogP contribution in [0.2, 0.25) is 0 Å². The highest BCUT2D eigenvalue weighted by atomic mass is 16.5. The van der Waals surface area contributed by atoms with E-state index in [4.69, 9.17) is 10.5 Å². The lowest BCUT2D eigenvalue weighted by atomic mass is 10.1. The van der Waals surface area contributed by atoms with Gasteiger partial charge >= 0.3 is 0 Å². The number of ether oxygens (including phenoxy) is 1. The Morgan fingerprint density at radius 1 is 1.69 bits per heavy atom. The van der Waals surface area contributed by atoms with E-state index < -0.39 is 0 Å². The molecule has 0 bridgehead atoms. The first-order chi connectivity index (χ1) is 6.40. The summed E-state index contributed by atoms with van der Waals surface area (Å²) in [6.45, 7) is 3.04. The highest BCUT2D eigenvalue weighted by Gasteiger charge is 2.17. The van der Waals surface area contributed by atoms with Crippen LogP contribution in [0, 0.1) is 5.92 Å². The average molecular weight is 182 g/mol. The minimum absolute atomic E-state index is 0.452. The van der Waals surface area contributed by atoms with E-state index in [1.807, 2.05) is 4.68 Å². The summed E-state index contributed by atoms with van der Waals surface area (Å²) in [6.07, 6.45) is 2.67. The van der Waals surface area contributed by atoms with Crippen molar-refractivity contribution < 1.29 is 4.74 Å². The zero-order chi connectivity index (χ0) is 9.10. The Kier molecular flexibility index (Phi) is 2.56. The summed E-state index contributed by atoms with van der Waals surface area (Å²) < 4.78 is 7.16. The van der Waals surface area contributed by atoms with Crippen molar-refractivity contribution in [1.82, 2.24) is 14.8 Å². The fourth-order valence-corrected chi connectivity index (χ4v) is 1.57. The molecule has 13 heavy (non-hydrogen) atoms. The molecule has 0 radical (unpaired) electrons. The van der Waals surface area contributed by atoms with Gasteiger partial charge in [-0.2, -0.15) is 5.10 Å². The van der Waals surface area contributed by atoms with Crippen molar-refractivity contribution in [1.29, 1.82) is 0 Å². The Morgan fingerprint density at radius 2 is 2.62 bits per heavy atom. The van der Waals surface area contributed by atoms with Crippen LogP contribution in [0.4, 0.5) is 0 Å². The fraction of sp³-hybridized carbons (Fsp3) is 0.750. The van der Waals surface area contributed by atoms with Gasteiger partial charge in [-0.1, -0.05) is 0 Å². The van der Waals surface area contributed by atoms with E-state index in [1.54, 1.807) is 6.33 Å². The molecule has 1 saturated heterocycles. The number of rotatable bonds is 3. The number of nitrogens with two attached hydrogens (primary N) is 1. The molecule has 1 aromatic heterocycles. The molecule has 2 heterocycles. The first-order valence-corrected chi connectivity index (χ1v) is 4.54. The van der Waals surface area contributed by atoms with Gasteiger partial charge in [0.25, 0.3) is 0 Å². The maximum Gasteiger partial charge on any atom is 0.140 e. The van der Waals surface area contributed by atoms with Crippen molar-refractivity contribution in [3.63, 3.8) is 0 Å². The molecular formula is C8H14N4O. The standard InChI is InChI=1S/C8H14N4O/c9-3-8-10-6-11-12(8)4-7-1-2-13-5-7/h6-7H,1-5,9H2. The Morgan fingerprint density at radius 3 is 3.31 bits per heavy atom. The second-order valence-electron chi connectivity index (χ2n) is 3.29. The van der Waals surface area contributed by atoms with Gasteiger partial charge in [0.1, 0.15) is 12.2 Å². The summed E-state index contributed by atoms with van der Waals surface area (Å²) in [6, 6.07) is 0. The van der Waals surface area contributed by atoms with Crippen molar-refractivity contribution in [2.75, 3.05) is 13.2 Å². The van der Waals surface area contributed by atoms with Crippen LogP contribution in [-0.4, -0.2) is 28.0 Å². The molecule has 0 saturated carbocycles. The van der Waals surface area contributed by atoms with Crippen molar-refractivity contribution >= 4 is 0 Å². The normalized spacial score (nSPS) is 22.4. The monoisotopic (exact) mass is 182 g/mol. The van der Waals surface area contributed by atoms with Crippen LogP contribution in [0.5, 0.6) is 0 Å². The summed E-state index contributed by atoms with van der Waals surface area (Å²) in [4.78, 5) is 4.06. The van der Waals surface area contributed by atoms with E-state index in [0.29, 0.717) is 12.5 Å². The maximum absolute atomic E-state index is 5.51. The summed E-state index contributed by atoms with van der Waals surface area (Å²) in [5.41, 5.74) is 5.51. The molecule has 2 rings (SSSR count). The molecule has 0 amide bonds. The van der Waals surface area contributed by atoms with Crippen LogP contribution < -0.4 is 5.73 Å². The van der Waals surface area contributed by atoms with E-state index in [-0.39, 0.29) is 0 Å². The molecule has 1 fully saturated rings. The zero-order valence-corrected chi connectivity index (χ0v) is 7.52. The van der Waals surface area contributed by atoms with Crippen LogP contribution in [0.1, 0.15) is 12.2 Å². The Hall–Kier alpha value is -0.940. The molecule has 1 aliphatic rings. The highest BCUT2D eigenvalue weighted by Crippen LogP contribution is 2.14. The molecule has 2 N–H and O–H groups in total. The van der Waals surface area contributed by atoms with Gasteiger partial charge in [-0.05, 0) is 6.42 Å². The first-order valence-electron chi connectivity index (χ1n) is 4.54. The molecule has 0 aliphatic carbocycles. The lowest BCUT2D eigenvalue weighted by Gasteiger charge is -2.08. The molecule has 72 valence electrons. The lowest BCUT2D eigenvalue weighted by molar-refractivity contribution is 0.181. The Balaban J connectivity index is 1.99. The molecule has 1 unspecified atom stereocenters. The molecule has 1 atom stereocenters. The fourth-order valence-electron chi connectivity index (χ4n) is 1.57. The maximum atomic E-state index is 5.51. The van der Waals surface area contributed by atoms with Gasteiger partial charge in [0, 0.05) is 19.1 Å². The largest absolute Gasteiger partial charge is 0.381 e. The van der Waals surface area contributed by atoms with Gasteiger partial charge in [-0.3, -0.25) is 0 Å². The van der Waals surface area contributed by atoms with Crippen molar-refractivity contribution in [2.24, 2.45) is 11.7 Å². The predicted molar refractivity (Wildman–Crippen MR) is 46.8 cm³/mol. The first kappa shape index (κ1) is 8.65. The molecule has 1 aromatic rings. The van der Waals surface area contributed by atoms with E-state index in [1.165, 1.54) is 0 Å². The minimum atomic E-state index is 0.452. The Bertz CT molecular complexity index is 267. The third-order valence-electron chi connectivity index (χ3n) is 2.33. The smallest absolute Gasteiger partial charge is 0.140 e. The summed E-state index contributed by atoms with van der Waals surface area (Å²) in [7, 11) is 0. The molecular weight excluding hydrogens is 168 g/mol. The highest BCUT2D eigenvalue weighted by molar-refractivity contribution is 4.83. The number of hydrogen-bond donors (Lipinski definition) is 1. The van der Waals surface area contributed by atoms with Crippen LogP contribution >= 0.6 is 0 Å². The van der Waals surface area contributed by atoms with Crippen LogP contribution in [0.25, 0.3) is 0 Å². The van der Waals surface area contributed by atoms with E-state index in [2.05, 4.69) is 10.1 Å². The summed E-state index contributed by atoms with van der Waals surface area (Å²) in [5.74, 6) is 1.43. The van der Waals surface area contributed by atoms with Crippen molar-refractivity contribution in [2.45, 2.75) is 19.5 Å². The lowest BCUT2D eigenvalue weighted by Crippen LogP contribution is -2.16. The summed E-state index contributed by atoms with van der Waals surface area (Å²) >= 11 is 0. The zero-order valence-electron chi connectivity index (χ0n) is 7.52. The second kappa shape index (κ2) is 3.85. The average Bonchev–Trinajstić information content (AvgIpc) is 2.76. The van der Waals surface area contributed by atoms with Crippen molar-refractivity contribution in [3.05, 3.63) is 12.2 Å². The third-order valence-corrected chi connectivity index (χ3v) is 2.33. The Labute approximate surface area is 76.9 Å². The molecule has 5 heteroatoms. The second-order valence-corrected chi connectivity index (χ2v) is 3.29. The van der Waals surface area contributed by atoms with Gasteiger partial charge < -0.3 is 10.5 Å². The molecule has 0 aromatic carbocycles. The number of nitrogens with zero attached hydrogens (tertiary/aromatic N) is 3. The molecule has 1 aliphatic heterocycles. The van der Waals surface area contributed by atoms with Gasteiger partial charge in [-0.25, -0.2) is 9.67 Å². The quantitative estimate of drug-likeness (QED) is 0.701. The van der Waals surface area contributed by atoms with E-state index in [0.717, 1.165) is 32.0 Å². The van der Waals surface area contributed by atoms with Gasteiger partial charge in [0.05, 0.1) is 13.2 Å². The predicted octanol–water partition coefficient (Wildman–Crippen LogP) is -0.227. The van der Waals surface area contributed by atoms with Gasteiger partial charge in [0.15, 0.2) is 0 Å². The minimum Gasteiger partial charge on any atom is -0.381 e. The van der Waals surface area contributed by atoms with E-state index in [9.17, 15) is 0 Å². The van der Waals surface area contributed by atoms with E-state index >= 15 is 0 Å². The topological polar surface area (TPSA) is 66.0 Å². The van der Waals surface area contributed by atoms with Crippen LogP contribution in [0.15, 0.2) is 6.33 Å². The SMILES string of the molecule is NCc1ncnn1CC1CCOC1. The van der Waals surface area contributed by atoms with Gasteiger partial charge in [-0.15, -0.1) is 0 Å². The third kappa shape index (κ3) is 1.87.